The first-order valence-corrected chi connectivity index (χ1v) is 8.17. The fourth-order valence-electron chi connectivity index (χ4n) is 2.71. The van der Waals surface area contributed by atoms with E-state index in [1.807, 2.05) is 6.92 Å². The van der Waals surface area contributed by atoms with Gasteiger partial charge in [-0.25, -0.2) is 9.18 Å². The number of halogens is 1. The number of hydrogen-bond donors (Lipinski definition) is 2. The lowest BCUT2D eigenvalue weighted by atomic mass is 9.92. The largest absolute Gasteiger partial charge is 0.491 e. The predicted octanol–water partition coefficient (Wildman–Crippen LogP) is 3.24. The van der Waals surface area contributed by atoms with Crippen LogP contribution in [0.4, 0.5) is 14.9 Å². The van der Waals surface area contributed by atoms with Crippen LogP contribution >= 0.6 is 0 Å². The van der Waals surface area contributed by atoms with Crippen molar-refractivity contribution in [1.29, 1.82) is 0 Å². The van der Waals surface area contributed by atoms with Crippen LogP contribution in [0.2, 0.25) is 0 Å². The number of nitrogens with zero attached hydrogens (tertiary/aromatic N) is 1. The summed E-state index contributed by atoms with van der Waals surface area (Å²) in [6.07, 6.45) is 2.03. The van der Waals surface area contributed by atoms with Crippen LogP contribution in [0.15, 0.2) is 18.2 Å². The molecule has 128 valence electrons. The summed E-state index contributed by atoms with van der Waals surface area (Å²) in [4.78, 5) is 14.1. The Morgan fingerprint density at radius 1 is 1.48 bits per heavy atom. The normalized spacial score (nSPS) is 17.0. The summed E-state index contributed by atoms with van der Waals surface area (Å²) in [5.41, 5.74) is 0.475. The number of hydrogen-bond acceptors (Lipinski definition) is 3. The molecule has 1 unspecified atom stereocenters. The monoisotopic (exact) mass is 324 g/mol. The van der Waals surface area contributed by atoms with Gasteiger partial charge in [0.05, 0.1) is 18.4 Å². The van der Waals surface area contributed by atoms with Gasteiger partial charge in [-0.3, -0.25) is 0 Å². The van der Waals surface area contributed by atoms with Crippen molar-refractivity contribution in [3.63, 3.8) is 0 Å². The van der Waals surface area contributed by atoms with E-state index in [2.05, 4.69) is 5.32 Å². The molecule has 0 saturated carbocycles. The molecule has 1 saturated heterocycles. The van der Waals surface area contributed by atoms with Gasteiger partial charge in [-0.2, -0.15) is 0 Å². The number of carbonyl (C=O) groups is 1. The van der Waals surface area contributed by atoms with Gasteiger partial charge in [0, 0.05) is 19.2 Å². The molecule has 0 spiro atoms. The standard InChI is InChI=1S/C17H25FN2O3/c1-3-10-23-16-11-14(18)4-5-15(16)19-17(22)20-8-6-13(7-9-20)12(2)21/h4-5,11-13,21H,3,6-10H2,1-2H3,(H,19,22). The number of aliphatic hydroxyl groups excluding tert-OH is 1. The van der Waals surface area contributed by atoms with Crippen LogP contribution in [0.1, 0.15) is 33.1 Å². The fourth-order valence-corrected chi connectivity index (χ4v) is 2.71. The molecule has 1 atom stereocenters. The second-order valence-corrected chi connectivity index (χ2v) is 5.98. The second kappa shape index (κ2) is 8.15. The van der Waals surface area contributed by atoms with Gasteiger partial charge < -0.3 is 20.1 Å². The van der Waals surface area contributed by atoms with Gasteiger partial charge in [0.1, 0.15) is 11.6 Å². The van der Waals surface area contributed by atoms with Crippen molar-refractivity contribution in [2.45, 2.75) is 39.2 Å². The van der Waals surface area contributed by atoms with E-state index >= 15 is 0 Å². The number of carbonyl (C=O) groups excluding carboxylic acids is 1. The van der Waals surface area contributed by atoms with E-state index in [-0.39, 0.29) is 18.1 Å². The number of aliphatic hydroxyl groups is 1. The first kappa shape index (κ1) is 17.5. The Kier molecular flexibility index (Phi) is 6.21. The van der Waals surface area contributed by atoms with Crippen molar-refractivity contribution in [2.75, 3.05) is 25.0 Å². The van der Waals surface area contributed by atoms with E-state index in [4.69, 9.17) is 4.74 Å². The van der Waals surface area contributed by atoms with E-state index in [0.717, 1.165) is 19.3 Å². The Morgan fingerprint density at radius 3 is 2.78 bits per heavy atom. The minimum absolute atomic E-state index is 0.220. The van der Waals surface area contributed by atoms with Gasteiger partial charge in [-0.05, 0) is 44.2 Å². The molecule has 1 fully saturated rings. The zero-order chi connectivity index (χ0) is 16.8. The Bertz CT molecular complexity index is 529. The number of ether oxygens (including phenoxy) is 1. The maximum absolute atomic E-state index is 13.4. The molecule has 5 nitrogen and oxygen atoms in total. The second-order valence-electron chi connectivity index (χ2n) is 5.98. The van der Waals surface area contributed by atoms with Gasteiger partial charge in [-0.1, -0.05) is 6.92 Å². The minimum atomic E-state index is -0.396. The van der Waals surface area contributed by atoms with Gasteiger partial charge in [0.2, 0.25) is 0 Å². The number of piperidine rings is 1. The topological polar surface area (TPSA) is 61.8 Å². The Labute approximate surface area is 136 Å². The molecule has 6 heteroatoms. The molecule has 1 aliphatic heterocycles. The minimum Gasteiger partial charge on any atom is -0.491 e. The molecule has 2 rings (SSSR count). The zero-order valence-electron chi connectivity index (χ0n) is 13.7. The zero-order valence-corrected chi connectivity index (χ0v) is 13.7. The maximum atomic E-state index is 13.4. The Hall–Kier alpha value is -1.82. The highest BCUT2D eigenvalue weighted by atomic mass is 19.1. The highest BCUT2D eigenvalue weighted by Gasteiger charge is 2.25. The van der Waals surface area contributed by atoms with Crippen molar-refractivity contribution in [2.24, 2.45) is 5.92 Å². The van der Waals surface area contributed by atoms with Crippen LogP contribution in [0, 0.1) is 11.7 Å². The highest BCUT2D eigenvalue weighted by Crippen LogP contribution is 2.27. The third-order valence-corrected chi connectivity index (χ3v) is 4.16. The van der Waals surface area contributed by atoms with Crippen LogP contribution in [0.3, 0.4) is 0 Å². The van der Waals surface area contributed by atoms with Gasteiger partial charge >= 0.3 is 6.03 Å². The molecule has 1 heterocycles. The first-order valence-electron chi connectivity index (χ1n) is 8.17. The average Bonchev–Trinajstić information content (AvgIpc) is 2.55. The van der Waals surface area contributed by atoms with Gasteiger partial charge in [0.15, 0.2) is 0 Å². The van der Waals surface area contributed by atoms with E-state index in [9.17, 15) is 14.3 Å². The summed E-state index contributed by atoms with van der Waals surface area (Å²) in [6, 6.07) is 3.88. The van der Waals surface area contributed by atoms with E-state index in [1.54, 1.807) is 11.8 Å². The summed E-state index contributed by atoms with van der Waals surface area (Å²) in [5.74, 6) is 0.194. The molecule has 2 N–H and O–H groups in total. The van der Waals surface area contributed by atoms with Crippen LogP contribution in [0.5, 0.6) is 5.75 Å². The lowest BCUT2D eigenvalue weighted by molar-refractivity contribution is 0.0820. The van der Waals surface area contributed by atoms with E-state index in [0.29, 0.717) is 31.1 Å². The summed E-state index contributed by atoms with van der Waals surface area (Å²) in [6.45, 7) is 5.42. The Morgan fingerprint density at radius 2 is 2.17 bits per heavy atom. The number of rotatable bonds is 5. The van der Waals surface area contributed by atoms with Crippen molar-refractivity contribution in [1.82, 2.24) is 4.90 Å². The van der Waals surface area contributed by atoms with Crippen LogP contribution in [-0.2, 0) is 0 Å². The molecule has 0 aromatic heterocycles. The summed E-state index contributed by atoms with van der Waals surface area (Å²) < 4.78 is 18.9. The van der Waals surface area contributed by atoms with E-state index in [1.165, 1.54) is 18.2 Å². The lowest BCUT2D eigenvalue weighted by Gasteiger charge is -2.33. The fraction of sp³-hybridized carbons (Fsp3) is 0.588. The van der Waals surface area contributed by atoms with Crippen molar-refractivity contribution in [3.05, 3.63) is 24.0 Å². The van der Waals surface area contributed by atoms with Crippen LogP contribution in [-0.4, -0.2) is 41.8 Å². The molecular formula is C17H25FN2O3. The number of likely N-dealkylation sites (tertiary alicyclic amines) is 1. The van der Waals surface area contributed by atoms with Crippen molar-refractivity contribution >= 4 is 11.7 Å². The van der Waals surface area contributed by atoms with Crippen molar-refractivity contribution < 1.29 is 19.0 Å². The number of anilines is 1. The quantitative estimate of drug-likeness (QED) is 0.874. The smallest absolute Gasteiger partial charge is 0.321 e. The summed E-state index contributed by atoms with van der Waals surface area (Å²) in [7, 11) is 0. The number of amides is 2. The van der Waals surface area contributed by atoms with Crippen LogP contribution in [0.25, 0.3) is 0 Å². The molecule has 0 radical (unpaired) electrons. The van der Waals surface area contributed by atoms with Crippen LogP contribution < -0.4 is 10.1 Å². The molecule has 0 aliphatic carbocycles. The average molecular weight is 324 g/mol. The molecule has 1 aromatic rings. The molecule has 1 aliphatic rings. The first-order chi connectivity index (χ1) is 11.0. The third-order valence-electron chi connectivity index (χ3n) is 4.16. The van der Waals surface area contributed by atoms with Gasteiger partial charge in [0.25, 0.3) is 0 Å². The molecular weight excluding hydrogens is 299 g/mol. The lowest BCUT2D eigenvalue weighted by Crippen LogP contribution is -2.42. The molecule has 1 aromatic carbocycles. The number of nitrogens with one attached hydrogen (secondary N) is 1. The third kappa shape index (κ3) is 4.82. The summed E-state index contributed by atoms with van der Waals surface area (Å²) >= 11 is 0. The Balaban J connectivity index is 1.97. The maximum Gasteiger partial charge on any atom is 0.321 e. The number of benzene rings is 1. The van der Waals surface area contributed by atoms with Crippen molar-refractivity contribution in [3.8, 4) is 5.75 Å². The molecule has 0 bridgehead atoms. The molecule has 23 heavy (non-hydrogen) atoms. The highest BCUT2D eigenvalue weighted by molar-refractivity contribution is 5.91. The number of urea groups is 1. The predicted molar refractivity (Wildman–Crippen MR) is 87.2 cm³/mol. The molecule has 2 amide bonds. The SMILES string of the molecule is CCCOc1cc(F)ccc1NC(=O)N1CCC(C(C)O)CC1. The van der Waals surface area contributed by atoms with Gasteiger partial charge in [-0.15, -0.1) is 0 Å². The summed E-state index contributed by atoms with van der Waals surface area (Å²) in [5, 5.41) is 12.4. The van der Waals surface area contributed by atoms with E-state index < -0.39 is 5.82 Å².